The van der Waals surface area contributed by atoms with Crippen molar-refractivity contribution in [3.63, 3.8) is 0 Å². The Balaban J connectivity index is 2.18. The first-order valence-corrected chi connectivity index (χ1v) is 7.03. The zero-order valence-electron chi connectivity index (χ0n) is 13.2. The van der Waals surface area contributed by atoms with Crippen molar-refractivity contribution in [1.82, 2.24) is 5.32 Å². The van der Waals surface area contributed by atoms with E-state index in [2.05, 4.69) is 5.32 Å². The second-order valence-corrected chi connectivity index (χ2v) is 5.19. The molecule has 0 bridgehead atoms. The number of methoxy groups -OCH3 is 1. The molecule has 0 fully saturated rings. The maximum Gasteiger partial charge on any atom is 0.272 e. The van der Waals surface area contributed by atoms with Gasteiger partial charge in [-0.15, -0.1) is 0 Å². The van der Waals surface area contributed by atoms with Crippen molar-refractivity contribution < 1.29 is 18.9 Å². The van der Waals surface area contributed by atoms with Gasteiger partial charge in [0, 0.05) is 24.3 Å². The minimum absolute atomic E-state index is 0.0170. The van der Waals surface area contributed by atoms with Crippen LogP contribution in [0, 0.1) is 24.0 Å². The molecule has 0 radical (unpaired) electrons. The summed E-state index contributed by atoms with van der Waals surface area (Å²) in [6, 6.07) is 7.40. The summed E-state index contributed by atoms with van der Waals surface area (Å²) in [5.74, 6) is 0.983. The summed E-state index contributed by atoms with van der Waals surface area (Å²) in [5, 5.41) is 13.6. The Kier molecular flexibility index (Phi) is 5.13. The molecule has 0 unspecified atom stereocenters. The van der Waals surface area contributed by atoms with Crippen LogP contribution in [0.15, 0.2) is 34.7 Å². The molecule has 2 rings (SSSR count). The zero-order chi connectivity index (χ0) is 17.0. The summed E-state index contributed by atoms with van der Waals surface area (Å²) in [5.41, 5.74) is 0.758. The maximum atomic E-state index is 12.4. The number of ether oxygens (including phenoxy) is 1. The number of benzene rings is 1. The van der Waals surface area contributed by atoms with E-state index in [-0.39, 0.29) is 18.2 Å². The van der Waals surface area contributed by atoms with E-state index < -0.39 is 11.0 Å². The van der Waals surface area contributed by atoms with Gasteiger partial charge in [-0.1, -0.05) is 0 Å². The van der Waals surface area contributed by atoms with Gasteiger partial charge in [0.2, 0.25) is 0 Å². The molecule has 0 aliphatic carbocycles. The molecular weight excluding hydrogens is 300 g/mol. The van der Waals surface area contributed by atoms with E-state index >= 15 is 0 Å². The highest BCUT2D eigenvalue weighted by molar-refractivity contribution is 5.95. The van der Waals surface area contributed by atoms with E-state index in [9.17, 15) is 14.9 Å². The number of hydrogen-bond donors (Lipinski definition) is 1. The molecule has 0 aliphatic heterocycles. The van der Waals surface area contributed by atoms with Gasteiger partial charge in [0.1, 0.15) is 17.6 Å². The lowest BCUT2D eigenvalue weighted by molar-refractivity contribution is -0.385. The molecule has 0 aliphatic rings. The Hall–Kier alpha value is -2.67. The third-order valence-electron chi connectivity index (χ3n) is 3.40. The number of rotatable bonds is 6. The molecule has 7 heteroatoms. The minimum atomic E-state index is -0.476. The number of carbonyl (C=O) groups excluding carboxylic acids is 1. The lowest BCUT2D eigenvalue weighted by Crippen LogP contribution is -2.31. The van der Waals surface area contributed by atoms with Crippen molar-refractivity contribution in [2.45, 2.75) is 19.9 Å². The molecule has 1 aromatic heterocycles. The second kappa shape index (κ2) is 7.06. The number of hydrogen-bond acceptors (Lipinski definition) is 5. The maximum absolute atomic E-state index is 12.4. The molecule has 2 aromatic rings. The van der Waals surface area contributed by atoms with Crippen molar-refractivity contribution >= 4 is 11.6 Å². The van der Waals surface area contributed by atoms with Crippen LogP contribution < -0.4 is 5.32 Å². The molecule has 0 saturated heterocycles. The smallest absolute Gasteiger partial charge is 0.272 e. The summed E-state index contributed by atoms with van der Waals surface area (Å²) in [4.78, 5) is 22.7. The van der Waals surface area contributed by atoms with Crippen molar-refractivity contribution in [3.05, 3.63) is 63.1 Å². The third-order valence-corrected chi connectivity index (χ3v) is 3.40. The van der Waals surface area contributed by atoms with Crippen LogP contribution in [0.5, 0.6) is 0 Å². The molecule has 1 atom stereocenters. The van der Waals surface area contributed by atoms with Crippen LogP contribution in [-0.2, 0) is 4.74 Å². The number of amides is 1. The van der Waals surface area contributed by atoms with Gasteiger partial charge in [-0.05, 0) is 38.1 Å². The topological polar surface area (TPSA) is 94.6 Å². The Labute approximate surface area is 133 Å². The van der Waals surface area contributed by atoms with Gasteiger partial charge in [-0.2, -0.15) is 0 Å². The van der Waals surface area contributed by atoms with E-state index in [1.807, 2.05) is 6.92 Å². The van der Waals surface area contributed by atoms with Gasteiger partial charge < -0.3 is 14.5 Å². The van der Waals surface area contributed by atoms with Gasteiger partial charge in [-0.25, -0.2) is 0 Å². The predicted molar refractivity (Wildman–Crippen MR) is 83.4 cm³/mol. The van der Waals surface area contributed by atoms with E-state index in [0.29, 0.717) is 16.9 Å². The summed E-state index contributed by atoms with van der Waals surface area (Å²) < 4.78 is 10.6. The molecule has 1 N–H and O–H groups in total. The molecule has 23 heavy (non-hydrogen) atoms. The summed E-state index contributed by atoms with van der Waals surface area (Å²) in [7, 11) is 1.53. The van der Waals surface area contributed by atoms with Crippen molar-refractivity contribution in [1.29, 1.82) is 0 Å². The molecule has 0 spiro atoms. The summed E-state index contributed by atoms with van der Waals surface area (Å²) in [6.07, 6.45) is 0. The SMILES string of the molecule is COC[C@H](NC(=O)c1ccc([N+](=O)[O-])c(C)c1)c1ccc(C)o1. The lowest BCUT2D eigenvalue weighted by atomic mass is 10.1. The number of furan rings is 1. The largest absolute Gasteiger partial charge is 0.464 e. The zero-order valence-corrected chi connectivity index (χ0v) is 13.2. The number of aryl methyl sites for hydroxylation is 2. The molecule has 1 heterocycles. The first kappa shape index (κ1) is 16.7. The molecule has 7 nitrogen and oxygen atoms in total. The molecule has 1 aromatic carbocycles. The number of carbonyl (C=O) groups is 1. The van der Waals surface area contributed by atoms with Crippen molar-refractivity contribution in [3.8, 4) is 0 Å². The van der Waals surface area contributed by atoms with E-state index in [0.717, 1.165) is 5.76 Å². The fourth-order valence-corrected chi connectivity index (χ4v) is 2.25. The van der Waals surface area contributed by atoms with Crippen LogP contribution in [-0.4, -0.2) is 24.5 Å². The van der Waals surface area contributed by atoms with Crippen LogP contribution in [0.4, 0.5) is 5.69 Å². The fourth-order valence-electron chi connectivity index (χ4n) is 2.25. The summed E-state index contributed by atoms with van der Waals surface area (Å²) >= 11 is 0. The van der Waals surface area contributed by atoms with Crippen LogP contribution in [0.25, 0.3) is 0 Å². The Morgan fingerprint density at radius 2 is 2.09 bits per heavy atom. The standard InChI is InChI=1S/C16H18N2O5/c1-10-8-12(5-6-14(10)18(20)21)16(19)17-13(9-22-3)15-7-4-11(2)23-15/h4-8,13H,9H2,1-3H3,(H,17,19)/t13-/m0/s1. The Morgan fingerprint density at radius 1 is 1.35 bits per heavy atom. The van der Waals surface area contributed by atoms with E-state index in [1.54, 1.807) is 19.1 Å². The first-order valence-electron chi connectivity index (χ1n) is 7.03. The van der Waals surface area contributed by atoms with Gasteiger partial charge in [0.25, 0.3) is 11.6 Å². The predicted octanol–water partition coefficient (Wildman–Crippen LogP) is 2.92. The van der Waals surface area contributed by atoms with Crippen molar-refractivity contribution in [2.75, 3.05) is 13.7 Å². The second-order valence-electron chi connectivity index (χ2n) is 5.19. The van der Waals surface area contributed by atoms with E-state index in [4.69, 9.17) is 9.15 Å². The molecule has 122 valence electrons. The average Bonchev–Trinajstić information content (AvgIpc) is 2.92. The van der Waals surface area contributed by atoms with Crippen molar-refractivity contribution in [2.24, 2.45) is 0 Å². The number of nitro groups is 1. The quantitative estimate of drug-likeness (QED) is 0.652. The Morgan fingerprint density at radius 3 is 2.61 bits per heavy atom. The normalized spacial score (nSPS) is 12.0. The monoisotopic (exact) mass is 318 g/mol. The third kappa shape index (κ3) is 3.95. The van der Waals surface area contributed by atoms with Crippen LogP contribution in [0.3, 0.4) is 0 Å². The number of nitro benzene ring substituents is 1. The highest BCUT2D eigenvalue weighted by Crippen LogP contribution is 2.21. The lowest BCUT2D eigenvalue weighted by Gasteiger charge is -2.16. The van der Waals surface area contributed by atoms with Crippen LogP contribution in [0.2, 0.25) is 0 Å². The van der Waals surface area contributed by atoms with Gasteiger partial charge in [0.05, 0.1) is 11.5 Å². The van der Waals surface area contributed by atoms with Crippen LogP contribution in [0.1, 0.15) is 33.5 Å². The molecular formula is C16H18N2O5. The average molecular weight is 318 g/mol. The number of nitrogens with one attached hydrogen (secondary N) is 1. The van der Waals surface area contributed by atoms with Gasteiger partial charge in [-0.3, -0.25) is 14.9 Å². The fraction of sp³-hybridized carbons (Fsp3) is 0.312. The Bertz CT molecular complexity index is 723. The molecule has 0 saturated carbocycles. The highest BCUT2D eigenvalue weighted by atomic mass is 16.6. The first-order chi connectivity index (χ1) is 10.9. The van der Waals surface area contributed by atoms with Crippen LogP contribution >= 0.6 is 0 Å². The molecule has 1 amide bonds. The number of nitrogens with zero attached hydrogens (tertiary/aromatic N) is 1. The highest BCUT2D eigenvalue weighted by Gasteiger charge is 2.20. The van der Waals surface area contributed by atoms with Gasteiger partial charge in [0.15, 0.2) is 0 Å². The summed E-state index contributed by atoms with van der Waals surface area (Å²) in [6.45, 7) is 3.66. The minimum Gasteiger partial charge on any atom is -0.464 e. The van der Waals surface area contributed by atoms with E-state index in [1.165, 1.54) is 25.3 Å². The van der Waals surface area contributed by atoms with Gasteiger partial charge >= 0.3 is 0 Å².